The maximum absolute atomic E-state index is 11.7. The fourth-order valence-corrected chi connectivity index (χ4v) is 2.86. The SMILES string of the molecule is CCOC(=O)c1cnn(C2CCCN(Cc3ccn[nH]3)C2)c1. The molecule has 2 aromatic rings. The normalized spacial score (nSPS) is 19.2. The highest BCUT2D eigenvalue weighted by Gasteiger charge is 2.23. The molecule has 118 valence electrons. The van der Waals surface area contributed by atoms with E-state index in [2.05, 4.69) is 20.2 Å². The molecule has 3 heterocycles. The van der Waals surface area contributed by atoms with Crippen LogP contribution in [0.5, 0.6) is 0 Å². The van der Waals surface area contributed by atoms with Gasteiger partial charge in [0.05, 0.1) is 24.4 Å². The molecule has 1 aliphatic heterocycles. The molecule has 7 heteroatoms. The van der Waals surface area contributed by atoms with Crippen molar-refractivity contribution >= 4 is 5.97 Å². The molecule has 0 spiro atoms. The summed E-state index contributed by atoms with van der Waals surface area (Å²) in [6, 6.07) is 2.29. The number of likely N-dealkylation sites (tertiary alicyclic amines) is 1. The van der Waals surface area contributed by atoms with E-state index in [-0.39, 0.29) is 5.97 Å². The molecule has 7 nitrogen and oxygen atoms in total. The first kappa shape index (κ1) is 14.8. The summed E-state index contributed by atoms with van der Waals surface area (Å²) in [6.07, 6.45) is 7.35. The molecule has 1 aliphatic rings. The number of rotatable bonds is 5. The Balaban J connectivity index is 1.63. The molecule has 0 bridgehead atoms. The number of hydrogen-bond acceptors (Lipinski definition) is 5. The lowest BCUT2D eigenvalue weighted by Crippen LogP contribution is -2.36. The Morgan fingerprint density at radius 2 is 2.45 bits per heavy atom. The van der Waals surface area contributed by atoms with Gasteiger partial charge in [-0.1, -0.05) is 0 Å². The van der Waals surface area contributed by atoms with Crippen LogP contribution in [0.15, 0.2) is 24.7 Å². The van der Waals surface area contributed by atoms with Crippen molar-refractivity contribution in [3.05, 3.63) is 35.9 Å². The molecule has 0 aliphatic carbocycles. The van der Waals surface area contributed by atoms with Gasteiger partial charge in [0.15, 0.2) is 0 Å². The van der Waals surface area contributed by atoms with Crippen LogP contribution in [-0.4, -0.2) is 50.5 Å². The van der Waals surface area contributed by atoms with Gasteiger partial charge in [-0.25, -0.2) is 4.79 Å². The summed E-state index contributed by atoms with van der Waals surface area (Å²) in [7, 11) is 0. The number of hydrogen-bond donors (Lipinski definition) is 1. The minimum atomic E-state index is -0.307. The molecule has 0 amide bonds. The highest BCUT2D eigenvalue weighted by molar-refractivity contribution is 5.88. The maximum Gasteiger partial charge on any atom is 0.341 e. The van der Waals surface area contributed by atoms with Gasteiger partial charge in [0.25, 0.3) is 0 Å². The molecule has 22 heavy (non-hydrogen) atoms. The van der Waals surface area contributed by atoms with Gasteiger partial charge >= 0.3 is 5.97 Å². The number of piperidine rings is 1. The zero-order valence-corrected chi connectivity index (χ0v) is 12.7. The first-order valence-corrected chi connectivity index (χ1v) is 7.68. The number of H-pyrrole nitrogens is 1. The van der Waals surface area contributed by atoms with Crippen molar-refractivity contribution in [2.24, 2.45) is 0 Å². The lowest BCUT2D eigenvalue weighted by atomic mass is 10.1. The second-order valence-corrected chi connectivity index (χ2v) is 5.54. The topological polar surface area (TPSA) is 76.0 Å². The Labute approximate surface area is 129 Å². The van der Waals surface area contributed by atoms with E-state index in [4.69, 9.17) is 4.74 Å². The fraction of sp³-hybridized carbons (Fsp3) is 0.533. The number of aromatic amines is 1. The standard InChI is InChI=1S/C15H21N5O2/c1-2-22-15(21)12-8-17-20(9-12)14-4-3-7-19(11-14)10-13-5-6-16-18-13/h5-6,8-9,14H,2-4,7,10-11H2,1H3,(H,16,18). The molecule has 1 N–H and O–H groups in total. The first-order valence-electron chi connectivity index (χ1n) is 7.68. The van der Waals surface area contributed by atoms with Crippen molar-refractivity contribution in [1.82, 2.24) is 24.9 Å². The Bertz CT molecular complexity index is 607. The van der Waals surface area contributed by atoms with Crippen LogP contribution < -0.4 is 0 Å². The lowest BCUT2D eigenvalue weighted by molar-refractivity contribution is 0.0526. The molecule has 3 rings (SSSR count). The summed E-state index contributed by atoms with van der Waals surface area (Å²) >= 11 is 0. The molecule has 0 saturated carbocycles. The molecular formula is C15H21N5O2. The van der Waals surface area contributed by atoms with Crippen molar-refractivity contribution < 1.29 is 9.53 Å². The minimum absolute atomic E-state index is 0.292. The number of esters is 1. The highest BCUT2D eigenvalue weighted by atomic mass is 16.5. The fourth-order valence-electron chi connectivity index (χ4n) is 2.86. The van der Waals surface area contributed by atoms with E-state index in [1.165, 1.54) is 0 Å². The van der Waals surface area contributed by atoms with Crippen LogP contribution in [-0.2, 0) is 11.3 Å². The number of nitrogens with one attached hydrogen (secondary N) is 1. The number of carbonyl (C=O) groups is 1. The van der Waals surface area contributed by atoms with Crippen molar-refractivity contribution in [2.75, 3.05) is 19.7 Å². The third-order valence-corrected chi connectivity index (χ3v) is 3.92. The van der Waals surface area contributed by atoms with E-state index in [1.54, 1.807) is 25.5 Å². The average Bonchev–Trinajstić information content (AvgIpc) is 3.19. The Kier molecular flexibility index (Phi) is 4.53. The summed E-state index contributed by atoms with van der Waals surface area (Å²) < 4.78 is 6.90. The molecule has 1 unspecified atom stereocenters. The number of aromatic nitrogens is 4. The summed E-state index contributed by atoms with van der Waals surface area (Å²) in [4.78, 5) is 14.1. The van der Waals surface area contributed by atoms with Crippen LogP contribution in [0, 0.1) is 0 Å². The second-order valence-electron chi connectivity index (χ2n) is 5.54. The average molecular weight is 303 g/mol. The van der Waals surface area contributed by atoms with Crippen molar-refractivity contribution in [2.45, 2.75) is 32.4 Å². The van der Waals surface area contributed by atoms with E-state index in [9.17, 15) is 4.79 Å². The molecule has 0 radical (unpaired) electrons. The van der Waals surface area contributed by atoms with Crippen molar-refractivity contribution in [1.29, 1.82) is 0 Å². The molecule has 2 aromatic heterocycles. The molecule has 1 atom stereocenters. The molecule has 0 aromatic carbocycles. The smallest absolute Gasteiger partial charge is 0.341 e. The van der Waals surface area contributed by atoms with E-state index in [1.807, 2.05) is 10.7 Å². The predicted molar refractivity (Wildman–Crippen MR) is 80.3 cm³/mol. The van der Waals surface area contributed by atoms with Crippen LogP contribution in [0.2, 0.25) is 0 Å². The van der Waals surface area contributed by atoms with Gasteiger partial charge in [0, 0.05) is 31.2 Å². The van der Waals surface area contributed by atoms with E-state index < -0.39 is 0 Å². The van der Waals surface area contributed by atoms with Gasteiger partial charge in [0.2, 0.25) is 0 Å². The molecule has 1 saturated heterocycles. The third-order valence-electron chi connectivity index (χ3n) is 3.92. The molecule has 1 fully saturated rings. The van der Waals surface area contributed by atoms with Crippen LogP contribution in [0.25, 0.3) is 0 Å². The Morgan fingerprint density at radius 3 is 3.23 bits per heavy atom. The quantitative estimate of drug-likeness (QED) is 0.849. The van der Waals surface area contributed by atoms with Crippen LogP contribution in [0.3, 0.4) is 0 Å². The minimum Gasteiger partial charge on any atom is -0.462 e. The largest absolute Gasteiger partial charge is 0.462 e. The molecular weight excluding hydrogens is 282 g/mol. The number of nitrogens with zero attached hydrogens (tertiary/aromatic N) is 4. The van der Waals surface area contributed by atoms with Gasteiger partial charge in [-0.3, -0.25) is 14.7 Å². The van der Waals surface area contributed by atoms with Gasteiger partial charge in [-0.15, -0.1) is 0 Å². The summed E-state index contributed by atoms with van der Waals surface area (Å²) in [5.41, 5.74) is 1.64. The van der Waals surface area contributed by atoms with Gasteiger partial charge in [-0.2, -0.15) is 10.2 Å². The monoisotopic (exact) mass is 303 g/mol. The van der Waals surface area contributed by atoms with E-state index in [0.29, 0.717) is 18.2 Å². The van der Waals surface area contributed by atoms with Gasteiger partial charge in [0.1, 0.15) is 0 Å². The summed E-state index contributed by atoms with van der Waals surface area (Å²) in [6.45, 7) is 5.04. The van der Waals surface area contributed by atoms with Crippen LogP contribution in [0.4, 0.5) is 0 Å². The maximum atomic E-state index is 11.7. The first-order chi connectivity index (χ1) is 10.8. The summed E-state index contributed by atoms with van der Waals surface area (Å²) in [5.74, 6) is -0.307. The van der Waals surface area contributed by atoms with Gasteiger partial charge in [-0.05, 0) is 32.4 Å². The summed E-state index contributed by atoms with van der Waals surface area (Å²) in [5, 5.41) is 11.3. The Hall–Kier alpha value is -2.15. The highest BCUT2D eigenvalue weighted by Crippen LogP contribution is 2.22. The van der Waals surface area contributed by atoms with Crippen LogP contribution >= 0.6 is 0 Å². The zero-order valence-electron chi connectivity index (χ0n) is 12.7. The lowest BCUT2D eigenvalue weighted by Gasteiger charge is -2.32. The number of carbonyl (C=O) groups excluding carboxylic acids is 1. The predicted octanol–water partition coefficient (Wildman–Crippen LogP) is 1.62. The number of ether oxygens (including phenoxy) is 1. The second kappa shape index (κ2) is 6.74. The Morgan fingerprint density at radius 1 is 1.55 bits per heavy atom. The van der Waals surface area contributed by atoms with Crippen molar-refractivity contribution in [3.63, 3.8) is 0 Å². The zero-order chi connectivity index (χ0) is 15.4. The van der Waals surface area contributed by atoms with Crippen molar-refractivity contribution in [3.8, 4) is 0 Å². The van der Waals surface area contributed by atoms with E-state index >= 15 is 0 Å². The van der Waals surface area contributed by atoms with Crippen LogP contribution in [0.1, 0.15) is 41.9 Å². The van der Waals surface area contributed by atoms with Gasteiger partial charge < -0.3 is 4.74 Å². The third kappa shape index (κ3) is 3.36. The van der Waals surface area contributed by atoms with E-state index in [0.717, 1.165) is 38.2 Å².